The number of aromatic nitrogens is 2. The van der Waals surface area contributed by atoms with Gasteiger partial charge >= 0.3 is 18.2 Å². The number of imide groups is 1. The Hall–Kier alpha value is -2.58. The summed E-state index contributed by atoms with van der Waals surface area (Å²) in [6, 6.07) is 0. The van der Waals surface area contributed by atoms with Crippen LogP contribution in [0.3, 0.4) is 0 Å². The van der Waals surface area contributed by atoms with Gasteiger partial charge in [-0.2, -0.15) is 0 Å². The van der Waals surface area contributed by atoms with Crippen LogP contribution in [0.4, 0.5) is 9.59 Å². The Kier molecular flexibility index (Phi) is 8.19. The van der Waals surface area contributed by atoms with Gasteiger partial charge in [0, 0.05) is 19.3 Å². The van der Waals surface area contributed by atoms with Gasteiger partial charge in [-0.1, -0.05) is 6.92 Å². The van der Waals surface area contributed by atoms with Crippen LogP contribution in [0, 0.1) is 5.92 Å². The molecule has 0 spiro atoms. The lowest BCUT2D eigenvalue weighted by Crippen LogP contribution is -2.44. The highest BCUT2D eigenvalue weighted by atomic mass is 16.6. The summed E-state index contributed by atoms with van der Waals surface area (Å²) in [5.74, 6) is -0.278. The molecular weight excluding hydrogens is 426 g/mol. The maximum absolute atomic E-state index is 12.7. The molecule has 2 atom stereocenters. The average molecular weight is 466 g/mol. The summed E-state index contributed by atoms with van der Waals surface area (Å²) in [6.45, 7) is 13.5. The maximum Gasteiger partial charge on any atom is 0.419 e. The van der Waals surface area contributed by atoms with Crippen molar-refractivity contribution in [3.8, 4) is 0 Å². The van der Waals surface area contributed by atoms with E-state index in [0.29, 0.717) is 25.0 Å². The summed E-state index contributed by atoms with van der Waals surface area (Å²) >= 11 is 0. The minimum absolute atomic E-state index is 0.0223. The fourth-order valence-electron chi connectivity index (χ4n) is 3.89. The van der Waals surface area contributed by atoms with E-state index in [9.17, 15) is 14.4 Å². The van der Waals surface area contributed by atoms with Crippen LogP contribution in [0.1, 0.15) is 79.8 Å². The number of carbonyl (C=O) groups excluding carboxylic acids is 3. The molecule has 1 fully saturated rings. The van der Waals surface area contributed by atoms with E-state index >= 15 is 0 Å². The molecule has 2 amide bonds. The molecule has 1 aromatic heterocycles. The first kappa shape index (κ1) is 26.7. The van der Waals surface area contributed by atoms with Crippen LogP contribution in [0.2, 0.25) is 0 Å². The molecule has 9 nitrogen and oxygen atoms in total. The topological polar surface area (TPSA) is 100.0 Å². The maximum atomic E-state index is 12.7. The van der Waals surface area contributed by atoms with Gasteiger partial charge in [0.15, 0.2) is 0 Å². The Balaban J connectivity index is 2.08. The van der Waals surface area contributed by atoms with E-state index in [1.165, 1.54) is 7.11 Å². The lowest BCUT2D eigenvalue weighted by atomic mass is 9.97. The summed E-state index contributed by atoms with van der Waals surface area (Å²) in [7, 11) is 1.38. The zero-order valence-corrected chi connectivity index (χ0v) is 21.3. The second-order valence-corrected chi connectivity index (χ2v) is 10.6. The highest BCUT2D eigenvalue weighted by molar-refractivity contribution is 5.88. The van der Waals surface area contributed by atoms with E-state index in [0.717, 1.165) is 17.9 Å². The number of nitrogens with zero attached hydrogens (tertiary/aromatic N) is 3. The van der Waals surface area contributed by atoms with E-state index in [-0.39, 0.29) is 18.4 Å². The molecule has 0 unspecified atom stereocenters. The van der Waals surface area contributed by atoms with Gasteiger partial charge in [0.2, 0.25) is 0 Å². The predicted octanol–water partition coefficient (Wildman–Crippen LogP) is 4.68. The lowest BCUT2D eigenvalue weighted by Gasteiger charge is -2.28. The van der Waals surface area contributed by atoms with E-state index in [1.807, 2.05) is 10.8 Å². The van der Waals surface area contributed by atoms with Gasteiger partial charge in [-0.3, -0.25) is 4.79 Å². The van der Waals surface area contributed by atoms with Crippen LogP contribution < -0.4 is 0 Å². The van der Waals surface area contributed by atoms with Gasteiger partial charge in [-0.15, -0.1) is 0 Å². The molecule has 1 saturated carbocycles. The number of hydrogen-bond acceptors (Lipinski definition) is 7. The van der Waals surface area contributed by atoms with Crippen molar-refractivity contribution in [2.75, 3.05) is 13.7 Å². The Labute approximate surface area is 196 Å². The van der Waals surface area contributed by atoms with Crippen molar-refractivity contribution >= 4 is 18.2 Å². The average Bonchev–Trinajstić information content (AvgIpc) is 3.21. The Morgan fingerprint density at radius 2 is 1.70 bits per heavy atom. The number of aryl methyl sites for hydroxylation is 1. The first-order valence-corrected chi connectivity index (χ1v) is 11.6. The minimum Gasteiger partial charge on any atom is -0.468 e. The molecular formula is C24H39N3O6. The molecule has 186 valence electrons. The highest BCUT2D eigenvalue weighted by Gasteiger charge is 2.63. The molecule has 1 heterocycles. The van der Waals surface area contributed by atoms with Gasteiger partial charge in [-0.25, -0.2) is 19.5 Å². The highest BCUT2D eigenvalue weighted by Crippen LogP contribution is 2.56. The first-order chi connectivity index (χ1) is 15.2. The van der Waals surface area contributed by atoms with Crippen molar-refractivity contribution in [2.45, 2.75) is 97.3 Å². The van der Waals surface area contributed by atoms with Gasteiger partial charge in [0.05, 0.1) is 19.1 Å². The third kappa shape index (κ3) is 6.95. The van der Waals surface area contributed by atoms with Crippen LogP contribution in [-0.4, -0.2) is 57.5 Å². The lowest BCUT2D eigenvalue weighted by molar-refractivity contribution is -0.144. The smallest absolute Gasteiger partial charge is 0.419 e. The van der Waals surface area contributed by atoms with Crippen molar-refractivity contribution in [1.82, 2.24) is 14.5 Å². The monoisotopic (exact) mass is 465 g/mol. The molecule has 1 aromatic rings. The fourth-order valence-corrected chi connectivity index (χ4v) is 3.89. The van der Waals surface area contributed by atoms with E-state index in [4.69, 9.17) is 14.2 Å². The molecule has 1 aliphatic rings. The molecule has 0 N–H and O–H groups in total. The van der Waals surface area contributed by atoms with Crippen LogP contribution >= 0.6 is 0 Å². The number of methoxy groups -OCH3 is 1. The van der Waals surface area contributed by atoms with Crippen molar-refractivity contribution in [3.63, 3.8) is 0 Å². The number of carbonyl (C=O) groups is 3. The third-order valence-corrected chi connectivity index (χ3v) is 5.39. The molecule has 0 aliphatic heterocycles. The zero-order valence-electron chi connectivity index (χ0n) is 21.3. The van der Waals surface area contributed by atoms with E-state index in [2.05, 4.69) is 11.9 Å². The molecule has 2 rings (SSSR count). The molecule has 33 heavy (non-hydrogen) atoms. The van der Waals surface area contributed by atoms with Crippen LogP contribution in [0.15, 0.2) is 12.5 Å². The first-order valence-electron chi connectivity index (χ1n) is 11.6. The van der Waals surface area contributed by atoms with E-state index < -0.39 is 28.8 Å². The van der Waals surface area contributed by atoms with E-state index in [1.54, 1.807) is 47.9 Å². The van der Waals surface area contributed by atoms with Crippen LogP contribution in [0.5, 0.6) is 0 Å². The number of hydrogen-bond donors (Lipinski definition) is 0. The SMILES string of the molecule is CCCn1cnc([C@@]2(C(=O)OC)C[C@@H]2CCCN(C(=O)OC(C)(C)C)C(=O)OC(C)(C)C)c1. The normalized spacial score (nSPS) is 20.2. The van der Waals surface area contributed by atoms with Crippen molar-refractivity contribution in [3.05, 3.63) is 18.2 Å². The second-order valence-electron chi connectivity index (χ2n) is 10.6. The Morgan fingerprint density at radius 3 is 2.18 bits per heavy atom. The van der Waals surface area contributed by atoms with Gasteiger partial charge in [0.25, 0.3) is 0 Å². The third-order valence-electron chi connectivity index (χ3n) is 5.39. The molecule has 0 bridgehead atoms. The summed E-state index contributed by atoms with van der Waals surface area (Å²) in [6.07, 6.45) is 4.88. The van der Waals surface area contributed by atoms with Crippen molar-refractivity contribution in [1.29, 1.82) is 0 Å². The Morgan fingerprint density at radius 1 is 1.12 bits per heavy atom. The zero-order chi connectivity index (χ0) is 25.0. The molecule has 0 saturated heterocycles. The summed E-state index contributed by atoms with van der Waals surface area (Å²) < 4.78 is 17.9. The number of rotatable bonds is 8. The summed E-state index contributed by atoms with van der Waals surface area (Å²) in [4.78, 5) is 43.5. The number of esters is 1. The number of imidazole rings is 1. The molecule has 9 heteroatoms. The molecule has 1 aliphatic carbocycles. The standard InChI is InChI=1S/C24H39N3O6/c1-9-12-26-15-18(25-16-26)24(19(28)31-8)14-17(24)11-10-13-27(20(29)32-22(2,3)4)21(30)33-23(5,6)7/h15-17H,9-14H2,1-8H3/t17-,24+/m0/s1. The van der Waals surface area contributed by atoms with Crippen LogP contribution in [0.25, 0.3) is 0 Å². The number of amides is 2. The van der Waals surface area contributed by atoms with Gasteiger partial charge in [-0.05, 0) is 73.1 Å². The predicted molar refractivity (Wildman–Crippen MR) is 123 cm³/mol. The quantitative estimate of drug-likeness (QED) is 0.406. The second kappa shape index (κ2) is 10.1. The summed E-state index contributed by atoms with van der Waals surface area (Å²) in [5, 5.41) is 0. The van der Waals surface area contributed by atoms with Crippen molar-refractivity contribution < 1.29 is 28.6 Å². The summed E-state index contributed by atoms with van der Waals surface area (Å²) in [5.41, 5.74) is -1.55. The molecule has 0 radical (unpaired) electrons. The Bertz CT molecular complexity index is 823. The molecule has 0 aromatic carbocycles. The number of ether oxygens (including phenoxy) is 3. The fraction of sp³-hybridized carbons (Fsp3) is 0.750. The van der Waals surface area contributed by atoms with Gasteiger partial charge in [0.1, 0.15) is 16.6 Å². The van der Waals surface area contributed by atoms with Gasteiger partial charge < -0.3 is 18.8 Å². The minimum atomic E-state index is -0.767. The largest absolute Gasteiger partial charge is 0.468 e. The van der Waals surface area contributed by atoms with Crippen molar-refractivity contribution in [2.24, 2.45) is 5.92 Å². The van der Waals surface area contributed by atoms with Crippen LogP contribution in [-0.2, 0) is 31.0 Å².